The molecule has 0 aliphatic carbocycles. The van der Waals surface area contributed by atoms with Crippen molar-refractivity contribution in [2.75, 3.05) is 0 Å². The number of hydrogen-bond acceptors (Lipinski definition) is 4. The molecule has 0 fully saturated rings. The first-order valence-electron chi connectivity index (χ1n) is 3.71. The molecule has 0 amide bonds. The zero-order chi connectivity index (χ0) is 8.97. The first-order chi connectivity index (χ1) is 5.72. The highest BCUT2D eigenvalue weighted by Gasteiger charge is 2.05. The fourth-order valence-corrected chi connectivity index (χ4v) is 0.750. The summed E-state index contributed by atoms with van der Waals surface area (Å²) in [6.07, 6.45) is 0.163. The molecule has 0 unspecified atom stereocenters. The SMILES string of the molecule is CC(C)OCc1nc(CCl)no1. The minimum absolute atomic E-state index is 0.163. The van der Waals surface area contributed by atoms with E-state index in [0.29, 0.717) is 18.3 Å². The zero-order valence-corrected chi connectivity index (χ0v) is 7.84. The van der Waals surface area contributed by atoms with Gasteiger partial charge in [-0.3, -0.25) is 0 Å². The number of ether oxygens (including phenoxy) is 1. The zero-order valence-electron chi connectivity index (χ0n) is 7.08. The van der Waals surface area contributed by atoms with E-state index >= 15 is 0 Å². The molecule has 0 spiro atoms. The Morgan fingerprint density at radius 2 is 2.33 bits per heavy atom. The lowest BCUT2D eigenvalue weighted by Crippen LogP contribution is -2.02. The number of aromatic nitrogens is 2. The molecule has 0 saturated carbocycles. The molecule has 1 aromatic heterocycles. The Kier molecular flexibility index (Phi) is 3.49. The predicted octanol–water partition coefficient (Wildman–Crippen LogP) is 1.73. The molecule has 4 nitrogen and oxygen atoms in total. The molecule has 0 saturated heterocycles. The number of nitrogens with zero attached hydrogens (tertiary/aromatic N) is 2. The monoisotopic (exact) mass is 190 g/mol. The maximum Gasteiger partial charge on any atom is 0.252 e. The van der Waals surface area contributed by atoms with Gasteiger partial charge in [-0.15, -0.1) is 11.6 Å². The molecule has 1 aromatic rings. The van der Waals surface area contributed by atoms with Crippen LogP contribution in [0.2, 0.25) is 0 Å². The number of halogens is 1. The van der Waals surface area contributed by atoms with Gasteiger partial charge < -0.3 is 9.26 Å². The summed E-state index contributed by atoms with van der Waals surface area (Å²) in [6.45, 7) is 4.24. The van der Waals surface area contributed by atoms with Gasteiger partial charge in [0.05, 0.1) is 12.0 Å². The summed E-state index contributed by atoms with van der Waals surface area (Å²) in [5.74, 6) is 1.24. The fraction of sp³-hybridized carbons (Fsp3) is 0.714. The summed E-state index contributed by atoms with van der Waals surface area (Å²) in [5.41, 5.74) is 0. The van der Waals surface area contributed by atoms with Crippen LogP contribution in [-0.2, 0) is 17.2 Å². The lowest BCUT2D eigenvalue weighted by Gasteiger charge is -2.02. The van der Waals surface area contributed by atoms with Crippen molar-refractivity contribution in [2.45, 2.75) is 32.4 Å². The van der Waals surface area contributed by atoms with Gasteiger partial charge in [0.25, 0.3) is 5.89 Å². The highest BCUT2D eigenvalue weighted by Crippen LogP contribution is 2.03. The van der Waals surface area contributed by atoms with Crippen molar-refractivity contribution in [1.82, 2.24) is 10.1 Å². The van der Waals surface area contributed by atoms with Crippen LogP contribution in [0.3, 0.4) is 0 Å². The van der Waals surface area contributed by atoms with Gasteiger partial charge in [0.1, 0.15) is 6.61 Å². The lowest BCUT2D eigenvalue weighted by molar-refractivity contribution is 0.0485. The average molecular weight is 191 g/mol. The van der Waals surface area contributed by atoms with Crippen molar-refractivity contribution >= 4 is 11.6 Å². The van der Waals surface area contributed by atoms with E-state index in [1.54, 1.807) is 0 Å². The highest BCUT2D eigenvalue weighted by atomic mass is 35.5. The van der Waals surface area contributed by atoms with E-state index < -0.39 is 0 Å². The van der Waals surface area contributed by atoms with E-state index in [4.69, 9.17) is 20.9 Å². The third kappa shape index (κ3) is 2.79. The maximum atomic E-state index is 5.48. The fourth-order valence-electron chi connectivity index (χ4n) is 0.641. The summed E-state index contributed by atoms with van der Waals surface area (Å²) >= 11 is 5.48. The average Bonchev–Trinajstić information content (AvgIpc) is 2.48. The van der Waals surface area contributed by atoms with Gasteiger partial charge in [0, 0.05) is 0 Å². The van der Waals surface area contributed by atoms with Crippen molar-refractivity contribution in [3.8, 4) is 0 Å². The summed E-state index contributed by atoms with van der Waals surface area (Å²) in [6, 6.07) is 0. The first kappa shape index (κ1) is 9.48. The van der Waals surface area contributed by atoms with Crippen molar-refractivity contribution in [2.24, 2.45) is 0 Å². The van der Waals surface area contributed by atoms with E-state index in [1.807, 2.05) is 13.8 Å². The number of rotatable bonds is 4. The van der Waals surface area contributed by atoms with Gasteiger partial charge in [-0.05, 0) is 13.8 Å². The molecule has 0 radical (unpaired) electrons. The highest BCUT2D eigenvalue weighted by molar-refractivity contribution is 6.16. The molecule has 5 heteroatoms. The van der Waals surface area contributed by atoms with E-state index in [0.717, 1.165) is 0 Å². The quantitative estimate of drug-likeness (QED) is 0.679. The lowest BCUT2D eigenvalue weighted by atomic mass is 10.5. The van der Waals surface area contributed by atoms with Gasteiger partial charge in [-0.25, -0.2) is 0 Å². The second-order valence-corrected chi connectivity index (χ2v) is 2.86. The third-order valence-corrected chi connectivity index (χ3v) is 1.41. The van der Waals surface area contributed by atoms with Gasteiger partial charge >= 0.3 is 0 Å². The molecule has 12 heavy (non-hydrogen) atoms. The molecule has 1 rings (SSSR count). The molecule has 68 valence electrons. The number of alkyl halides is 1. The molecule has 0 N–H and O–H groups in total. The molecular formula is C7H11ClN2O2. The molecular weight excluding hydrogens is 180 g/mol. The van der Waals surface area contributed by atoms with Crippen LogP contribution in [0.1, 0.15) is 25.6 Å². The second kappa shape index (κ2) is 4.42. The predicted molar refractivity (Wildman–Crippen MR) is 43.8 cm³/mol. The molecule has 0 atom stereocenters. The largest absolute Gasteiger partial charge is 0.369 e. The maximum absolute atomic E-state index is 5.48. The van der Waals surface area contributed by atoms with Crippen LogP contribution in [0.25, 0.3) is 0 Å². The summed E-state index contributed by atoms with van der Waals surface area (Å²) in [7, 11) is 0. The Hall–Kier alpha value is -0.610. The molecule has 0 aliphatic heterocycles. The minimum atomic E-state index is 0.163. The Balaban J connectivity index is 2.41. The molecule has 0 aromatic carbocycles. The molecule has 0 aliphatic rings. The topological polar surface area (TPSA) is 48.2 Å². The van der Waals surface area contributed by atoms with Crippen LogP contribution < -0.4 is 0 Å². The molecule has 0 bridgehead atoms. The smallest absolute Gasteiger partial charge is 0.252 e. The van der Waals surface area contributed by atoms with Gasteiger partial charge in [-0.2, -0.15) is 4.98 Å². The van der Waals surface area contributed by atoms with Crippen LogP contribution >= 0.6 is 11.6 Å². The van der Waals surface area contributed by atoms with Crippen LogP contribution in [0.5, 0.6) is 0 Å². The Bertz CT molecular complexity index is 237. The third-order valence-electron chi connectivity index (χ3n) is 1.17. The standard InChI is InChI=1S/C7H11ClN2O2/c1-5(2)11-4-7-9-6(3-8)10-12-7/h5H,3-4H2,1-2H3. The Labute approximate surface area is 75.9 Å². The van der Waals surface area contributed by atoms with Crippen LogP contribution in [-0.4, -0.2) is 16.2 Å². The normalized spacial score (nSPS) is 11.0. The van der Waals surface area contributed by atoms with Gasteiger partial charge in [0.2, 0.25) is 0 Å². The molecule has 1 heterocycles. The van der Waals surface area contributed by atoms with Crippen LogP contribution in [0.15, 0.2) is 4.52 Å². The van der Waals surface area contributed by atoms with Gasteiger partial charge in [-0.1, -0.05) is 5.16 Å². The number of hydrogen-bond donors (Lipinski definition) is 0. The van der Waals surface area contributed by atoms with Crippen molar-refractivity contribution in [3.63, 3.8) is 0 Å². The van der Waals surface area contributed by atoms with Crippen LogP contribution in [0, 0.1) is 0 Å². The van der Waals surface area contributed by atoms with Crippen LogP contribution in [0.4, 0.5) is 0 Å². The van der Waals surface area contributed by atoms with E-state index in [-0.39, 0.29) is 12.0 Å². The summed E-state index contributed by atoms with van der Waals surface area (Å²) in [5, 5.41) is 3.61. The second-order valence-electron chi connectivity index (χ2n) is 2.60. The van der Waals surface area contributed by atoms with E-state index in [9.17, 15) is 0 Å². The summed E-state index contributed by atoms with van der Waals surface area (Å²) < 4.78 is 10.1. The van der Waals surface area contributed by atoms with Crippen molar-refractivity contribution < 1.29 is 9.26 Å². The van der Waals surface area contributed by atoms with E-state index in [1.165, 1.54) is 0 Å². The van der Waals surface area contributed by atoms with Crippen molar-refractivity contribution in [1.29, 1.82) is 0 Å². The van der Waals surface area contributed by atoms with E-state index in [2.05, 4.69) is 10.1 Å². The van der Waals surface area contributed by atoms with Crippen molar-refractivity contribution in [3.05, 3.63) is 11.7 Å². The Morgan fingerprint density at radius 3 is 2.83 bits per heavy atom. The summed E-state index contributed by atoms with van der Waals surface area (Å²) in [4.78, 5) is 3.97. The Morgan fingerprint density at radius 1 is 1.58 bits per heavy atom. The first-order valence-corrected chi connectivity index (χ1v) is 4.25. The van der Waals surface area contributed by atoms with Gasteiger partial charge in [0.15, 0.2) is 5.82 Å². The minimum Gasteiger partial charge on any atom is -0.369 e.